The molecule has 0 radical (unpaired) electrons. The summed E-state index contributed by atoms with van der Waals surface area (Å²) in [5.74, 6) is -0.237. The summed E-state index contributed by atoms with van der Waals surface area (Å²) in [5.41, 5.74) is 0.912. The molecule has 0 saturated carbocycles. The number of nitrogens with zero attached hydrogens (tertiary/aromatic N) is 1. The van der Waals surface area contributed by atoms with Gasteiger partial charge in [0.25, 0.3) is 5.91 Å². The maximum atomic E-state index is 12.7. The number of carbonyl (C=O) groups is 1. The highest BCUT2D eigenvalue weighted by molar-refractivity contribution is 6.00. The van der Waals surface area contributed by atoms with Gasteiger partial charge in [-0.3, -0.25) is 9.69 Å². The van der Waals surface area contributed by atoms with Gasteiger partial charge in [0.1, 0.15) is 0 Å². The van der Waals surface area contributed by atoms with Gasteiger partial charge in [-0.15, -0.1) is 0 Å². The van der Waals surface area contributed by atoms with Crippen LogP contribution in [0.4, 0.5) is 13.2 Å². The summed E-state index contributed by atoms with van der Waals surface area (Å²) in [4.78, 5) is 14.8. The molecule has 0 atom stereocenters. The third-order valence-electron chi connectivity index (χ3n) is 4.51. The number of alkyl halides is 3. The van der Waals surface area contributed by atoms with Crippen molar-refractivity contribution in [2.24, 2.45) is 0 Å². The number of halogens is 3. The Morgan fingerprint density at radius 1 is 1.04 bits per heavy atom. The Bertz CT molecular complexity index is 770. The number of carbonyl (C=O) groups excluding carboxylic acids is 1. The third kappa shape index (κ3) is 5.08. The van der Waals surface area contributed by atoms with Crippen molar-refractivity contribution < 1.29 is 22.7 Å². The monoisotopic (exact) mass is 378 g/mol. The number of rotatable bonds is 5. The number of benzene rings is 2. The molecule has 2 aromatic rings. The predicted molar refractivity (Wildman–Crippen MR) is 96.5 cm³/mol. The molecular formula is C20H21F3N2O2. The van der Waals surface area contributed by atoms with Crippen LogP contribution in [0.1, 0.15) is 15.9 Å². The molecule has 1 N–H and O–H groups in total. The standard InChI is InChI=1S/C20H21F3N2O2/c21-20(22,23)16-7-5-15(6-8-16)17-3-1-2-4-18(17)19(26)24-9-10-25-11-13-27-14-12-25/h1-8H,9-14H2,(H,24,26). The Kier molecular flexibility index (Phi) is 6.13. The highest BCUT2D eigenvalue weighted by Crippen LogP contribution is 2.31. The highest BCUT2D eigenvalue weighted by Gasteiger charge is 2.30. The topological polar surface area (TPSA) is 41.6 Å². The van der Waals surface area contributed by atoms with E-state index in [0.717, 1.165) is 31.8 Å². The van der Waals surface area contributed by atoms with Gasteiger partial charge >= 0.3 is 6.18 Å². The van der Waals surface area contributed by atoms with Gasteiger partial charge in [-0.05, 0) is 29.3 Å². The lowest BCUT2D eigenvalue weighted by Crippen LogP contribution is -2.41. The van der Waals surface area contributed by atoms with Crippen LogP contribution in [-0.4, -0.2) is 50.2 Å². The van der Waals surface area contributed by atoms with E-state index in [2.05, 4.69) is 10.2 Å². The van der Waals surface area contributed by atoms with Gasteiger partial charge in [-0.2, -0.15) is 13.2 Å². The van der Waals surface area contributed by atoms with E-state index in [1.54, 1.807) is 24.3 Å². The molecule has 4 nitrogen and oxygen atoms in total. The summed E-state index contributed by atoms with van der Waals surface area (Å²) in [5, 5.41) is 2.89. The Morgan fingerprint density at radius 2 is 1.70 bits per heavy atom. The predicted octanol–water partition coefficient (Wildman–Crippen LogP) is 3.43. The molecule has 3 rings (SSSR count). The second-order valence-electron chi connectivity index (χ2n) is 6.33. The molecule has 1 aliphatic rings. The second kappa shape index (κ2) is 8.54. The highest BCUT2D eigenvalue weighted by atomic mass is 19.4. The van der Waals surface area contributed by atoms with Gasteiger partial charge in [0.05, 0.1) is 18.8 Å². The molecule has 0 unspecified atom stereocenters. The Labute approximate surface area is 155 Å². The number of morpholine rings is 1. The molecule has 1 aliphatic heterocycles. The van der Waals surface area contributed by atoms with Crippen molar-refractivity contribution in [2.75, 3.05) is 39.4 Å². The molecule has 144 valence electrons. The second-order valence-corrected chi connectivity index (χ2v) is 6.33. The van der Waals surface area contributed by atoms with Crippen molar-refractivity contribution >= 4 is 5.91 Å². The van der Waals surface area contributed by atoms with Gasteiger partial charge in [-0.25, -0.2) is 0 Å². The van der Waals surface area contributed by atoms with Crippen LogP contribution in [0.15, 0.2) is 48.5 Å². The van der Waals surface area contributed by atoms with Crippen LogP contribution in [0.25, 0.3) is 11.1 Å². The molecule has 0 spiro atoms. The minimum atomic E-state index is -4.38. The normalized spacial score (nSPS) is 15.5. The van der Waals surface area contributed by atoms with Crippen LogP contribution >= 0.6 is 0 Å². The summed E-state index contributed by atoms with van der Waals surface area (Å²) in [7, 11) is 0. The Morgan fingerprint density at radius 3 is 2.37 bits per heavy atom. The lowest BCUT2D eigenvalue weighted by Gasteiger charge is -2.26. The summed E-state index contributed by atoms with van der Waals surface area (Å²) in [6, 6.07) is 11.8. The third-order valence-corrected chi connectivity index (χ3v) is 4.51. The first-order chi connectivity index (χ1) is 12.9. The van der Waals surface area contributed by atoms with Crippen molar-refractivity contribution in [3.05, 3.63) is 59.7 Å². The van der Waals surface area contributed by atoms with E-state index in [-0.39, 0.29) is 5.91 Å². The Balaban J connectivity index is 1.68. The zero-order valence-electron chi connectivity index (χ0n) is 14.8. The fraction of sp³-hybridized carbons (Fsp3) is 0.350. The first kappa shape index (κ1) is 19.4. The van der Waals surface area contributed by atoms with Gasteiger partial charge in [-0.1, -0.05) is 30.3 Å². The molecule has 0 aromatic heterocycles. The summed E-state index contributed by atoms with van der Waals surface area (Å²) in [6.07, 6.45) is -4.38. The molecule has 27 heavy (non-hydrogen) atoms. The van der Waals surface area contributed by atoms with Crippen molar-refractivity contribution in [3.8, 4) is 11.1 Å². The van der Waals surface area contributed by atoms with Crippen LogP contribution in [0, 0.1) is 0 Å². The average molecular weight is 378 g/mol. The summed E-state index contributed by atoms with van der Waals surface area (Å²) < 4.78 is 43.5. The van der Waals surface area contributed by atoms with Crippen LogP contribution in [0.5, 0.6) is 0 Å². The molecule has 0 aliphatic carbocycles. The fourth-order valence-electron chi connectivity index (χ4n) is 3.02. The van der Waals surface area contributed by atoms with Crippen molar-refractivity contribution in [1.29, 1.82) is 0 Å². The molecule has 2 aromatic carbocycles. The van der Waals surface area contributed by atoms with Crippen LogP contribution in [0.2, 0.25) is 0 Å². The largest absolute Gasteiger partial charge is 0.416 e. The zero-order valence-corrected chi connectivity index (χ0v) is 14.8. The van der Waals surface area contributed by atoms with E-state index in [9.17, 15) is 18.0 Å². The van der Waals surface area contributed by atoms with E-state index in [4.69, 9.17) is 4.74 Å². The quantitative estimate of drug-likeness (QED) is 0.867. The van der Waals surface area contributed by atoms with E-state index in [1.807, 2.05) is 0 Å². The van der Waals surface area contributed by atoms with Crippen LogP contribution in [-0.2, 0) is 10.9 Å². The molecule has 0 bridgehead atoms. The van der Waals surface area contributed by atoms with Crippen molar-refractivity contribution in [3.63, 3.8) is 0 Å². The molecular weight excluding hydrogens is 357 g/mol. The lowest BCUT2D eigenvalue weighted by molar-refractivity contribution is -0.137. The number of hydrogen-bond donors (Lipinski definition) is 1. The van der Waals surface area contributed by atoms with Crippen LogP contribution < -0.4 is 5.32 Å². The van der Waals surface area contributed by atoms with E-state index < -0.39 is 11.7 Å². The van der Waals surface area contributed by atoms with Gasteiger partial charge in [0.2, 0.25) is 0 Å². The molecule has 1 saturated heterocycles. The average Bonchev–Trinajstić information content (AvgIpc) is 2.68. The van der Waals surface area contributed by atoms with E-state index in [0.29, 0.717) is 36.4 Å². The maximum Gasteiger partial charge on any atom is 0.416 e. The minimum Gasteiger partial charge on any atom is -0.379 e. The van der Waals surface area contributed by atoms with Crippen molar-refractivity contribution in [2.45, 2.75) is 6.18 Å². The van der Waals surface area contributed by atoms with Crippen LogP contribution in [0.3, 0.4) is 0 Å². The Hall–Kier alpha value is -2.38. The van der Waals surface area contributed by atoms with E-state index in [1.165, 1.54) is 12.1 Å². The fourth-order valence-corrected chi connectivity index (χ4v) is 3.02. The van der Waals surface area contributed by atoms with Gasteiger partial charge in [0, 0.05) is 31.7 Å². The maximum absolute atomic E-state index is 12.7. The minimum absolute atomic E-state index is 0.237. The summed E-state index contributed by atoms with van der Waals surface area (Å²) >= 11 is 0. The molecule has 1 heterocycles. The van der Waals surface area contributed by atoms with Gasteiger partial charge < -0.3 is 10.1 Å². The van der Waals surface area contributed by atoms with E-state index >= 15 is 0 Å². The lowest BCUT2D eigenvalue weighted by atomic mass is 9.98. The molecule has 7 heteroatoms. The SMILES string of the molecule is O=C(NCCN1CCOCC1)c1ccccc1-c1ccc(C(F)(F)F)cc1. The van der Waals surface area contributed by atoms with Crippen molar-refractivity contribution in [1.82, 2.24) is 10.2 Å². The summed E-state index contributed by atoms with van der Waals surface area (Å²) in [6.45, 7) is 4.32. The zero-order chi connectivity index (χ0) is 19.3. The number of amides is 1. The molecule has 1 amide bonds. The first-order valence-corrected chi connectivity index (χ1v) is 8.80. The molecule has 1 fully saturated rings. The number of hydrogen-bond acceptors (Lipinski definition) is 3. The first-order valence-electron chi connectivity index (χ1n) is 8.80. The number of nitrogens with one attached hydrogen (secondary N) is 1. The smallest absolute Gasteiger partial charge is 0.379 e. The number of ether oxygens (including phenoxy) is 1. The van der Waals surface area contributed by atoms with Gasteiger partial charge in [0.15, 0.2) is 0 Å².